The SMILES string of the molecule is COc1ccc2c3c1O[C@H]1C3C(CCC1(F)F)[C@@H](NCC1CC1)C2. The van der Waals surface area contributed by atoms with Crippen LogP contribution in [0.2, 0.25) is 0 Å². The Morgan fingerprint density at radius 3 is 2.88 bits per heavy atom. The van der Waals surface area contributed by atoms with Crippen molar-refractivity contribution in [3.63, 3.8) is 0 Å². The van der Waals surface area contributed by atoms with Crippen LogP contribution in [0.3, 0.4) is 0 Å². The molecule has 0 radical (unpaired) electrons. The van der Waals surface area contributed by atoms with Crippen LogP contribution < -0.4 is 14.8 Å². The van der Waals surface area contributed by atoms with E-state index in [4.69, 9.17) is 9.47 Å². The normalized spacial score (nSPS) is 35.3. The summed E-state index contributed by atoms with van der Waals surface area (Å²) in [6.45, 7) is 1.02. The Kier molecular flexibility index (Phi) is 3.16. The first-order chi connectivity index (χ1) is 11.6. The minimum absolute atomic E-state index is 0.0773. The molecule has 0 saturated heterocycles. The van der Waals surface area contributed by atoms with E-state index in [0.29, 0.717) is 17.9 Å². The van der Waals surface area contributed by atoms with Crippen molar-refractivity contribution in [3.8, 4) is 11.5 Å². The van der Waals surface area contributed by atoms with Gasteiger partial charge in [0.25, 0.3) is 5.92 Å². The van der Waals surface area contributed by atoms with Gasteiger partial charge in [0.05, 0.1) is 7.11 Å². The van der Waals surface area contributed by atoms with Crippen LogP contribution in [0.4, 0.5) is 8.78 Å². The molecule has 1 aromatic carbocycles. The molecule has 5 rings (SSSR count). The molecule has 24 heavy (non-hydrogen) atoms. The Morgan fingerprint density at radius 1 is 1.29 bits per heavy atom. The lowest BCUT2D eigenvalue weighted by atomic mass is 9.64. The molecule has 4 aliphatic rings. The van der Waals surface area contributed by atoms with Gasteiger partial charge in [-0.1, -0.05) is 6.07 Å². The second-order valence-corrected chi connectivity index (χ2v) is 7.86. The van der Waals surface area contributed by atoms with Gasteiger partial charge in [0, 0.05) is 23.9 Å². The largest absolute Gasteiger partial charge is 0.493 e. The Morgan fingerprint density at radius 2 is 2.12 bits per heavy atom. The smallest absolute Gasteiger partial charge is 0.284 e. The first-order valence-corrected chi connectivity index (χ1v) is 9.06. The molecule has 0 spiro atoms. The maximum Gasteiger partial charge on any atom is 0.284 e. The Hall–Kier alpha value is -1.36. The predicted octanol–water partition coefficient (Wildman–Crippen LogP) is 3.51. The van der Waals surface area contributed by atoms with Gasteiger partial charge >= 0.3 is 0 Å². The van der Waals surface area contributed by atoms with Crippen LogP contribution in [0.15, 0.2) is 12.1 Å². The van der Waals surface area contributed by atoms with E-state index >= 15 is 0 Å². The Labute approximate surface area is 140 Å². The Balaban J connectivity index is 1.55. The minimum Gasteiger partial charge on any atom is -0.493 e. The average molecular weight is 335 g/mol. The third-order valence-corrected chi connectivity index (χ3v) is 6.39. The fourth-order valence-corrected chi connectivity index (χ4v) is 4.97. The van der Waals surface area contributed by atoms with Crippen molar-refractivity contribution < 1.29 is 18.3 Å². The number of rotatable bonds is 4. The van der Waals surface area contributed by atoms with E-state index in [1.165, 1.54) is 12.8 Å². The molecule has 1 aromatic rings. The van der Waals surface area contributed by atoms with Gasteiger partial charge in [0.2, 0.25) is 0 Å². The second-order valence-electron chi connectivity index (χ2n) is 7.86. The Bertz CT molecular complexity index is 674. The van der Waals surface area contributed by atoms with Crippen LogP contribution >= 0.6 is 0 Å². The monoisotopic (exact) mass is 335 g/mol. The van der Waals surface area contributed by atoms with E-state index in [0.717, 1.165) is 30.0 Å². The van der Waals surface area contributed by atoms with Crippen molar-refractivity contribution in [1.82, 2.24) is 5.32 Å². The average Bonchev–Trinajstić information content (AvgIpc) is 3.30. The van der Waals surface area contributed by atoms with Crippen LogP contribution in [0, 0.1) is 11.8 Å². The van der Waals surface area contributed by atoms with E-state index in [1.54, 1.807) is 7.11 Å². The number of nitrogens with one attached hydrogen (secondary N) is 1. The summed E-state index contributed by atoms with van der Waals surface area (Å²) < 4.78 is 40.3. The summed E-state index contributed by atoms with van der Waals surface area (Å²) in [7, 11) is 1.57. The zero-order valence-electron chi connectivity index (χ0n) is 13.9. The molecule has 1 aliphatic heterocycles. The van der Waals surface area contributed by atoms with E-state index in [2.05, 4.69) is 5.32 Å². The van der Waals surface area contributed by atoms with Crippen LogP contribution in [-0.4, -0.2) is 31.7 Å². The summed E-state index contributed by atoms with van der Waals surface area (Å²) in [6.07, 6.45) is 2.96. The van der Waals surface area contributed by atoms with Gasteiger partial charge in [-0.05, 0) is 55.7 Å². The van der Waals surface area contributed by atoms with Crippen LogP contribution in [0.5, 0.6) is 11.5 Å². The van der Waals surface area contributed by atoms with Gasteiger partial charge in [0.1, 0.15) is 0 Å². The van der Waals surface area contributed by atoms with Crippen molar-refractivity contribution in [2.75, 3.05) is 13.7 Å². The van der Waals surface area contributed by atoms with E-state index in [-0.39, 0.29) is 24.3 Å². The van der Waals surface area contributed by atoms with Gasteiger partial charge in [-0.15, -0.1) is 0 Å². The molecule has 2 unspecified atom stereocenters. The van der Waals surface area contributed by atoms with E-state index in [1.807, 2.05) is 12.1 Å². The number of ether oxygens (including phenoxy) is 2. The minimum atomic E-state index is -2.76. The van der Waals surface area contributed by atoms with E-state index in [9.17, 15) is 8.78 Å². The quantitative estimate of drug-likeness (QED) is 0.913. The van der Waals surface area contributed by atoms with Gasteiger partial charge in [-0.2, -0.15) is 0 Å². The lowest BCUT2D eigenvalue weighted by Crippen LogP contribution is -2.54. The van der Waals surface area contributed by atoms with E-state index < -0.39 is 12.0 Å². The third-order valence-electron chi connectivity index (χ3n) is 6.39. The van der Waals surface area contributed by atoms with Crippen LogP contribution in [-0.2, 0) is 6.42 Å². The highest BCUT2D eigenvalue weighted by atomic mass is 19.3. The van der Waals surface area contributed by atoms with Gasteiger partial charge in [-0.3, -0.25) is 0 Å². The summed E-state index contributed by atoms with van der Waals surface area (Å²) in [5, 5.41) is 3.69. The molecule has 3 nitrogen and oxygen atoms in total. The fraction of sp³-hybridized carbons (Fsp3) is 0.684. The maximum atomic E-state index is 14.6. The summed E-state index contributed by atoms with van der Waals surface area (Å²) in [4.78, 5) is 0. The molecule has 2 saturated carbocycles. The zero-order valence-corrected chi connectivity index (χ0v) is 13.9. The van der Waals surface area contributed by atoms with Crippen molar-refractivity contribution in [3.05, 3.63) is 23.3 Å². The number of benzene rings is 1. The molecule has 130 valence electrons. The summed E-state index contributed by atoms with van der Waals surface area (Å²) >= 11 is 0. The molecule has 0 aromatic heterocycles. The van der Waals surface area contributed by atoms with Gasteiger partial charge in [-0.25, -0.2) is 8.78 Å². The summed E-state index contributed by atoms with van der Waals surface area (Å²) in [5.74, 6) is -0.799. The summed E-state index contributed by atoms with van der Waals surface area (Å²) in [6, 6.07) is 4.18. The third kappa shape index (κ3) is 2.10. The molecular weight excluding hydrogens is 312 g/mol. The molecular formula is C19H23F2NO2. The van der Waals surface area contributed by atoms with Crippen molar-refractivity contribution in [1.29, 1.82) is 0 Å². The highest BCUT2D eigenvalue weighted by molar-refractivity contribution is 5.58. The molecule has 5 heteroatoms. The molecule has 4 atom stereocenters. The fourth-order valence-electron chi connectivity index (χ4n) is 4.97. The number of halogens is 2. The molecule has 1 heterocycles. The highest BCUT2D eigenvalue weighted by Crippen LogP contribution is 2.59. The van der Waals surface area contributed by atoms with Crippen LogP contribution in [0.1, 0.15) is 42.7 Å². The zero-order chi connectivity index (χ0) is 16.5. The van der Waals surface area contributed by atoms with Crippen molar-refractivity contribution in [2.24, 2.45) is 11.8 Å². The molecule has 2 fully saturated rings. The molecule has 0 bridgehead atoms. The van der Waals surface area contributed by atoms with Crippen molar-refractivity contribution >= 4 is 0 Å². The molecule has 0 amide bonds. The van der Waals surface area contributed by atoms with Gasteiger partial charge < -0.3 is 14.8 Å². The number of hydrogen-bond donors (Lipinski definition) is 1. The second kappa shape index (κ2) is 5.07. The molecule has 1 N–H and O–H groups in total. The number of alkyl halides is 2. The van der Waals surface area contributed by atoms with Crippen molar-refractivity contribution in [2.45, 2.75) is 56.1 Å². The number of methoxy groups -OCH3 is 1. The number of hydrogen-bond acceptors (Lipinski definition) is 3. The lowest BCUT2D eigenvalue weighted by molar-refractivity contribution is -0.134. The lowest BCUT2D eigenvalue weighted by Gasteiger charge is -2.44. The van der Waals surface area contributed by atoms with Crippen LogP contribution in [0.25, 0.3) is 0 Å². The first-order valence-electron chi connectivity index (χ1n) is 9.06. The predicted molar refractivity (Wildman–Crippen MR) is 86.0 cm³/mol. The topological polar surface area (TPSA) is 30.5 Å². The standard InChI is InChI=1S/C19H23F2NO2/c1-23-14-5-4-11-8-13(22-9-10-2-3-10)12-6-7-19(20,21)18-16(12)15(11)17(14)24-18/h4-5,10,12-13,16,18,22H,2-3,6-9H2,1H3/t12?,13-,16?,18-/m0/s1. The highest BCUT2D eigenvalue weighted by Gasteiger charge is 2.60. The summed E-state index contributed by atoms with van der Waals surface area (Å²) in [5.41, 5.74) is 2.15. The first kappa shape index (κ1) is 14.9. The van der Waals surface area contributed by atoms with Gasteiger partial charge in [0.15, 0.2) is 17.6 Å². The molecule has 3 aliphatic carbocycles. The maximum absolute atomic E-state index is 14.6.